The predicted octanol–water partition coefficient (Wildman–Crippen LogP) is 2.32. The van der Waals surface area contributed by atoms with E-state index in [0.717, 1.165) is 10.7 Å². The first-order valence-corrected chi connectivity index (χ1v) is 8.48. The molecule has 1 aromatic heterocycles. The van der Waals surface area contributed by atoms with E-state index in [1.807, 2.05) is 13.8 Å². The average molecular weight is 453 g/mol. The third-order valence-corrected chi connectivity index (χ3v) is 3.90. The molecule has 0 aliphatic rings. The van der Waals surface area contributed by atoms with Crippen molar-refractivity contribution in [2.24, 2.45) is 10.9 Å². The van der Waals surface area contributed by atoms with Crippen molar-refractivity contribution in [3.8, 4) is 0 Å². The summed E-state index contributed by atoms with van der Waals surface area (Å²) in [5.74, 6) is 1.23. The molecule has 132 valence electrons. The van der Waals surface area contributed by atoms with E-state index >= 15 is 0 Å². The minimum Gasteiger partial charge on any atom is -0.355 e. The lowest BCUT2D eigenvalue weighted by molar-refractivity contribution is -0.123. The molecule has 0 saturated heterocycles. The van der Waals surface area contributed by atoms with E-state index in [1.54, 1.807) is 18.4 Å². The Hall–Kier alpha value is -0.900. The number of carbonyl (C=O) groups is 1. The van der Waals surface area contributed by atoms with Gasteiger partial charge in [0.05, 0.1) is 12.2 Å². The number of nitrogens with one attached hydrogen (secondary N) is 3. The molecule has 23 heavy (non-hydrogen) atoms. The molecule has 1 aromatic rings. The molecule has 1 amide bonds. The molecule has 0 atom stereocenters. The second kappa shape index (κ2) is 11.6. The number of hydrogen-bond acceptors (Lipinski definition) is 4. The Morgan fingerprint density at radius 2 is 1.87 bits per heavy atom. The van der Waals surface area contributed by atoms with Crippen molar-refractivity contribution in [3.05, 3.63) is 16.1 Å². The van der Waals surface area contributed by atoms with Gasteiger partial charge in [-0.3, -0.25) is 9.79 Å². The quantitative estimate of drug-likeness (QED) is 0.256. The Bertz CT molecular complexity index is 502. The van der Waals surface area contributed by atoms with Gasteiger partial charge in [-0.2, -0.15) is 0 Å². The molecule has 0 unspecified atom stereocenters. The molecule has 1 rings (SSSR count). The van der Waals surface area contributed by atoms with Crippen LogP contribution in [0.4, 0.5) is 0 Å². The zero-order valence-corrected chi connectivity index (χ0v) is 17.6. The van der Waals surface area contributed by atoms with Crippen LogP contribution in [-0.4, -0.2) is 37.0 Å². The molecule has 0 bridgehead atoms. The minimum atomic E-state index is 0. The summed E-state index contributed by atoms with van der Waals surface area (Å²) in [6.45, 7) is 9.89. The molecule has 0 radical (unpaired) electrons. The lowest BCUT2D eigenvalue weighted by Crippen LogP contribution is -2.41. The molecular weight excluding hydrogens is 425 g/mol. The summed E-state index contributed by atoms with van der Waals surface area (Å²) in [6.07, 6.45) is 0. The summed E-state index contributed by atoms with van der Waals surface area (Å²) < 4.78 is 0. The molecular formula is C15H28IN5OS. The lowest BCUT2D eigenvalue weighted by Gasteiger charge is -2.12. The normalized spacial score (nSPS) is 11.3. The Morgan fingerprint density at radius 1 is 1.22 bits per heavy atom. The fraction of sp³-hybridized carbons (Fsp3) is 0.667. The van der Waals surface area contributed by atoms with Gasteiger partial charge in [0.15, 0.2) is 5.96 Å². The number of hydrogen-bond donors (Lipinski definition) is 3. The number of aromatic nitrogens is 1. The Morgan fingerprint density at radius 3 is 2.39 bits per heavy atom. The van der Waals surface area contributed by atoms with Crippen molar-refractivity contribution in [2.45, 2.75) is 40.2 Å². The number of thiazole rings is 1. The van der Waals surface area contributed by atoms with E-state index in [0.29, 0.717) is 31.5 Å². The molecule has 0 saturated carbocycles. The van der Waals surface area contributed by atoms with Gasteiger partial charge in [0.1, 0.15) is 5.01 Å². The highest BCUT2D eigenvalue weighted by atomic mass is 127. The largest absolute Gasteiger partial charge is 0.355 e. The molecule has 8 heteroatoms. The standard InChI is InChI=1S/C15H27N5OS.HI/c1-10(2)12-9-22-13(20-12)8-19-15(16-5)18-7-6-17-14(21)11(3)4;/h9-11H,6-8H2,1-5H3,(H,17,21)(H2,16,18,19);1H. The van der Waals surface area contributed by atoms with Crippen molar-refractivity contribution < 1.29 is 4.79 Å². The molecule has 0 spiro atoms. The van der Waals surface area contributed by atoms with Crippen molar-refractivity contribution in [3.63, 3.8) is 0 Å². The molecule has 0 aromatic carbocycles. The Kier molecular flexibility index (Phi) is 11.2. The minimum absolute atomic E-state index is 0. The lowest BCUT2D eigenvalue weighted by atomic mass is 10.2. The molecule has 3 N–H and O–H groups in total. The highest BCUT2D eigenvalue weighted by Gasteiger charge is 2.07. The number of aliphatic imine (C=N–C) groups is 1. The van der Waals surface area contributed by atoms with E-state index in [2.05, 4.69) is 45.2 Å². The first-order chi connectivity index (χ1) is 10.4. The van der Waals surface area contributed by atoms with E-state index < -0.39 is 0 Å². The van der Waals surface area contributed by atoms with Gasteiger partial charge in [0.25, 0.3) is 0 Å². The van der Waals surface area contributed by atoms with Crippen LogP contribution in [0, 0.1) is 5.92 Å². The van der Waals surface area contributed by atoms with Gasteiger partial charge in [-0.25, -0.2) is 4.98 Å². The summed E-state index contributed by atoms with van der Waals surface area (Å²) in [7, 11) is 1.73. The number of rotatable bonds is 7. The van der Waals surface area contributed by atoms with Crippen LogP contribution in [0.3, 0.4) is 0 Å². The van der Waals surface area contributed by atoms with Gasteiger partial charge in [-0.05, 0) is 5.92 Å². The molecule has 6 nitrogen and oxygen atoms in total. The maximum absolute atomic E-state index is 11.4. The van der Waals surface area contributed by atoms with Crippen LogP contribution in [-0.2, 0) is 11.3 Å². The first-order valence-electron chi connectivity index (χ1n) is 7.60. The Balaban J connectivity index is 0.00000484. The van der Waals surface area contributed by atoms with Gasteiger partial charge in [-0.15, -0.1) is 35.3 Å². The van der Waals surface area contributed by atoms with Crippen LogP contribution in [0.5, 0.6) is 0 Å². The predicted molar refractivity (Wildman–Crippen MR) is 108 cm³/mol. The van der Waals surface area contributed by atoms with Crippen LogP contribution in [0.15, 0.2) is 10.4 Å². The van der Waals surface area contributed by atoms with E-state index in [4.69, 9.17) is 0 Å². The SMILES string of the molecule is CN=C(NCCNC(=O)C(C)C)NCc1nc(C(C)C)cs1.I. The second-order valence-corrected chi connectivity index (χ2v) is 6.56. The zero-order valence-electron chi connectivity index (χ0n) is 14.5. The molecule has 0 aliphatic carbocycles. The third-order valence-electron chi connectivity index (χ3n) is 3.03. The van der Waals surface area contributed by atoms with Crippen molar-refractivity contribution in [1.29, 1.82) is 0 Å². The number of amides is 1. The molecule has 0 aliphatic heterocycles. The second-order valence-electron chi connectivity index (χ2n) is 5.62. The number of guanidine groups is 1. The highest BCUT2D eigenvalue weighted by Crippen LogP contribution is 2.17. The maximum Gasteiger partial charge on any atom is 0.222 e. The number of nitrogens with zero attached hydrogens (tertiary/aromatic N) is 2. The fourth-order valence-electron chi connectivity index (χ4n) is 1.62. The van der Waals surface area contributed by atoms with Crippen LogP contribution >= 0.6 is 35.3 Å². The maximum atomic E-state index is 11.4. The summed E-state index contributed by atoms with van der Waals surface area (Å²) in [6, 6.07) is 0. The first kappa shape index (κ1) is 22.1. The van der Waals surface area contributed by atoms with Crippen LogP contribution < -0.4 is 16.0 Å². The molecule has 1 heterocycles. The number of carbonyl (C=O) groups excluding carboxylic acids is 1. The average Bonchev–Trinajstić information content (AvgIpc) is 2.95. The summed E-state index contributed by atoms with van der Waals surface area (Å²) in [5.41, 5.74) is 1.13. The smallest absolute Gasteiger partial charge is 0.222 e. The summed E-state index contributed by atoms with van der Waals surface area (Å²) in [4.78, 5) is 20.2. The summed E-state index contributed by atoms with van der Waals surface area (Å²) in [5, 5.41) is 12.4. The number of halogens is 1. The Labute approximate surface area is 160 Å². The zero-order chi connectivity index (χ0) is 16.5. The van der Waals surface area contributed by atoms with Gasteiger partial charge in [-0.1, -0.05) is 27.7 Å². The van der Waals surface area contributed by atoms with Crippen molar-refractivity contribution in [1.82, 2.24) is 20.9 Å². The van der Waals surface area contributed by atoms with E-state index in [1.165, 1.54) is 0 Å². The van der Waals surface area contributed by atoms with Gasteiger partial charge >= 0.3 is 0 Å². The van der Waals surface area contributed by atoms with E-state index in [9.17, 15) is 4.79 Å². The molecule has 0 fully saturated rings. The van der Waals surface area contributed by atoms with Crippen molar-refractivity contribution in [2.75, 3.05) is 20.1 Å². The van der Waals surface area contributed by atoms with Gasteiger partial charge in [0, 0.05) is 31.4 Å². The fourth-order valence-corrected chi connectivity index (χ4v) is 2.52. The monoisotopic (exact) mass is 453 g/mol. The van der Waals surface area contributed by atoms with Gasteiger partial charge < -0.3 is 16.0 Å². The van der Waals surface area contributed by atoms with Crippen LogP contribution in [0.25, 0.3) is 0 Å². The summed E-state index contributed by atoms with van der Waals surface area (Å²) >= 11 is 1.65. The highest BCUT2D eigenvalue weighted by molar-refractivity contribution is 14.0. The van der Waals surface area contributed by atoms with Gasteiger partial charge in [0.2, 0.25) is 5.91 Å². The van der Waals surface area contributed by atoms with Crippen molar-refractivity contribution >= 4 is 47.2 Å². The van der Waals surface area contributed by atoms with E-state index in [-0.39, 0.29) is 35.8 Å². The third kappa shape index (κ3) is 8.50. The van der Waals surface area contributed by atoms with Crippen LogP contribution in [0.1, 0.15) is 44.3 Å². The van der Waals surface area contributed by atoms with Crippen LogP contribution in [0.2, 0.25) is 0 Å². The topological polar surface area (TPSA) is 78.4 Å².